The second-order valence-electron chi connectivity index (χ2n) is 6.26. The molecule has 1 heterocycles. The minimum absolute atomic E-state index is 0.0268. The molecule has 1 amide bonds. The lowest BCUT2D eigenvalue weighted by Gasteiger charge is -2.09. The van der Waals surface area contributed by atoms with Gasteiger partial charge in [-0.3, -0.25) is 4.79 Å². The van der Waals surface area contributed by atoms with Gasteiger partial charge in [-0.1, -0.05) is 27.2 Å². The molecule has 2 rings (SSSR count). The molecule has 1 aromatic carbocycles. The molecule has 6 heteroatoms. The van der Waals surface area contributed by atoms with Crippen molar-refractivity contribution >= 4 is 22.5 Å². The Morgan fingerprint density at radius 1 is 1.38 bits per heavy atom. The van der Waals surface area contributed by atoms with Gasteiger partial charge in [0.25, 0.3) is 5.91 Å². The Bertz CT molecular complexity index is 748. The van der Waals surface area contributed by atoms with Crippen molar-refractivity contribution in [1.29, 1.82) is 0 Å². The summed E-state index contributed by atoms with van der Waals surface area (Å²) in [4.78, 5) is 11.8. The molecule has 130 valence electrons. The molecule has 0 fully saturated rings. The van der Waals surface area contributed by atoms with E-state index in [1.165, 1.54) is 0 Å². The highest BCUT2D eigenvalue weighted by atomic mass is 16.5. The van der Waals surface area contributed by atoms with Gasteiger partial charge in [-0.25, -0.2) is 0 Å². The van der Waals surface area contributed by atoms with E-state index >= 15 is 0 Å². The molecule has 24 heavy (non-hydrogen) atoms. The van der Waals surface area contributed by atoms with Gasteiger partial charge in [-0.2, -0.15) is 0 Å². The summed E-state index contributed by atoms with van der Waals surface area (Å²) in [6, 6.07) is 5.52. The molecule has 6 nitrogen and oxygen atoms in total. The quantitative estimate of drug-likeness (QED) is 0.739. The van der Waals surface area contributed by atoms with Crippen LogP contribution in [0.4, 0.5) is 5.69 Å². The Balaban J connectivity index is 2.48. The molecule has 0 aliphatic carbocycles. The second kappa shape index (κ2) is 7.95. The zero-order valence-electron chi connectivity index (χ0n) is 14.7. The van der Waals surface area contributed by atoms with E-state index in [1.54, 1.807) is 17.7 Å². The number of aromatic nitrogens is 1. The molecule has 0 unspecified atom stereocenters. The minimum Gasteiger partial charge on any atom is -0.497 e. The number of unbranched alkanes of at least 4 members (excludes halogenated alkanes) is 1. The summed E-state index contributed by atoms with van der Waals surface area (Å²) in [5.41, 5.74) is 1.16. The van der Waals surface area contributed by atoms with Crippen molar-refractivity contribution in [1.82, 2.24) is 4.57 Å². The summed E-state index contributed by atoms with van der Waals surface area (Å²) in [7, 11) is 1.58. The third kappa shape index (κ3) is 3.93. The highest BCUT2D eigenvalue weighted by Crippen LogP contribution is 2.40. The Kier molecular flexibility index (Phi) is 5.95. The number of carbonyl (C=O) groups excluding carboxylic acids is 1. The summed E-state index contributed by atoms with van der Waals surface area (Å²) < 4.78 is 7.05. The standard InChI is InChI=1S/C18H25N3O3/c1-5-6-7-16(22)19-20-17-14-10-13(24-4)8-9-15(14)21(18(17)23)11-12(2)3/h8-10,12,23H,5-7,11H2,1-4H3. The van der Waals surface area contributed by atoms with E-state index in [4.69, 9.17) is 4.74 Å². The molecule has 1 N–H and O–H groups in total. The van der Waals surface area contributed by atoms with Crippen LogP contribution in [0.2, 0.25) is 0 Å². The topological polar surface area (TPSA) is 76.2 Å². The van der Waals surface area contributed by atoms with Crippen LogP contribution in [0.5, 0.6) is 11.6 Å². The number of methoxy groups -OCH3 is 1. The number of aromatic hydroxyl groups is 1. The van der Waals surface area contributed by atoms with Crippen LogP contribution in [0.25, 0.3) is 10.9 Å². The van der Waals surface area contributed by atoms with Crippen LogP contribution in [0.15, 0.2) is 28.4 Å². The zero-order chi connectivity index (χ0) is 17.7. The van der Waals surface area contributed by atoms with Gasteiger partial charge >= 0.3 is 0 Å². The Hall–Kier alpha value is -2.37. The summed E-state index contributed by atoms with van der Waals surface area (Å²) in [6.45, 7) is 6.81. The van der Waals surface area contributed by atoms with Gasteiger partial charge in [0.05, 0.1) is 12.6 Å². The molecule has 0 aliphatic heterocycles. The first kappa shape index (κ1) is 18.0. The highest BCUT2D eigenvalue weighted by Gasteiger charge is 2.18. The fourth-order valence-corrected chi connectivity index (χ4v) is 2.56. The monoisotopic (exact) mass is 331 g/mol. The SMILES string of the molecule is CCCCC(=O)N=Nc1c(O)n(CC(C)C)c2ccc(OC)cc12. The third-order valence-corrected chi connectivity index (χ3v) is 3.77. The molecule has 0 saturated heterocycles. The molecule has 0 atom stereocenters. The normalized spacial score (nSPS) is 11.7. The van der Waals surface area contributed by atoms with Crippen molar-refractivity contribution in [2.45, 2.75) is 46.6 Å². The predicted octanol–water partition coefficient (Wildman–Crippen LogP) is 4.81. The first-order chi connectivity index (χ1) is 11.5. The van der Waals surface area contributed by atoms with Gasteiger partial charge in [0.1, 0.15) is 5.75 Å². The molecule has 0 bridgehead atoms. The van der Waals surface area contributed by atoms with Crippen LogP contribution >= 0.6 is 0 Å². The van der Waals surface area contributed by atoms with Gasteiger partial charge in [0, 0.05) is 18.4 Å². The number of hydrogen-bond acceptors (Lipinski definition) is 4. The van der Waals surface area contributed by atoms with E-state index in [0.717, 1.165) is 23.7 Å². The number of ether oxygens (including phenoxy) is 1. The number of rotatable bonds is 7. The van der Waals surface area contributed by atoms with E-state index in [-0.39, 0.29) is 11.8 Å². The average molecular weight is 331 g/mol. The van der Waals surface area contributed by atoms with Crippen molar-refractivity contribution in [2.75, 3.05) is 7.11 Å². The largest absolute Gasteiger partial charge is 0.497 e. The molecule has 0 aliphatic rings. The average Bonchev–Trinajstić information content (AvgIpc) is 2.81. The number of azo groups is 1. The van der Waals surface area contributed by atoms with E-state index in [0.29, 0.717) is 30.3 Å². The van der Waals surface area contributed by atoms with E-state index in [9.17, 15) is 9.90 Å². The number of hydrogen-bond donors (Lipinski definition) is 1. The van der Waals surface area contributed by atoms with Crippen molar-refractivity contribution in [2.24, 2.45) is 16.1 Å². The van der Waals surface area contributed by atoms with Crippen LogP contribution in [0.3, 0.4) is 0 Å². The van der Waals surface area contributed by atoms with Crippen LogP contribution < -0.4 is 4.74 Å². The Labute approximate surface area is 142 Å². The van der Waals surface area contributed by atoms with Gasteiger partial charge in [-0.15, -0.1) is 10.2 Å². The van der Waals surface area contributed by atoms with Gasteiger partial charge in [-0.05, 0) is 30.5 Å². The van der Waals surface area contributed by atoms with Gasteiger partial charge < -0.3 is 14.4 Å². The summed E-state index contributed by atoms with van der Waals surface area (Å²) in [5.74, 6) is 0.769. The number of fused-ring (bicyclic) bond motifs is 1. The summed E-state index contributed by atoms with van der Waals surface area (Å²) in [5, 5.41) is 19.1. The van der Waals surface area contributed by atoms with Crippen molar-refractivity contribution in [3.63, 3.8) is 0 Å². The third-order valence-electron chi connectivity index (χ3n) is 3.77. The maximum atomic E-state index is 11.8. The number of amides is 1. The number of benzene rings is 1. The molecular formula is C18H25N3O3. The lowest BCUT2D eigenvalue weighted by atomic mass is 10.2. The van der Waals surface area contributed by atoms with E-state index < -0.39 is 0 Å². The molecule has 0 spiro atoms. The minimum atomic E-state index is -0.274. The van der Waals surface area contributed by atoms with Crippen LogP contribution in [-0.4, -0.2) is 22.7 Å². The molecule has 0 saturated carbocycles. The molecule has 0 radical (unpaired) electrons. The Morgan fingerprint density at radius 3 is 2.75 bits per heavy atom. The fraction of sp³-hybridized carbons (Fsp3) is 0.500. The van der Waals surface area contributed by atoms with Crippen molar-refractivity contribution in [3.8, 4) is 11.6 Å². The first-order valence-electron chi connectivity index (χ1n) is 8.31. The predicted molar refractivity (Wildman–Crippen MR) is 94.0 cm³/mol. The van der Waals surface area contributed by atoms with Crippen molar-refractivity contribution < 1.29 is 14.6 Å². The summed E-state index contributed by atoms with van der Waals surface area (Å²) >= 11 is 0. The van der Waals surface area contributed by atoms with Crippen molar-refractivity contribution in [3.05, 3.63) is 18.2 Å². The second-order valence-corrected chi connectivity index (χ2v) is 6.26. The Morgan fingerprint density at radius 2 is 2.12 bits per heavy atom. The van der Waals surface area contributed by atoms with E-state index in [1.807, 2.05) is 19.1 Å². The van der Waals surface area contributed by atoms with Gasteiger partial charge in [0.15, 0.2) is 5.69 Å². The smallest absolute Gasteiger partial charge is 0.264 e. The fourth-order valence-electron chi connectivity index (χ4n) is 2.56. The van der Waals surface area contributed by atoms with Crippen LogP contribution in [0, 0.1) is 5.92 Å². The van der Waals surface area contributed by atoms with Gasteiger partial charge in [0.2, 0.25) is 5.88 Å². The lowest BCUT2D eigenvalue weighted by molar-refractivity contribution is -0.118. The van der Waals surface area contributed by atoms with Crippen LogP contribution in [0.1, 0.15) is 40.0 Å². The van der Waals surface area contributed by atoms with Crippen LogP contribution in [-0.2, 0) is 11.3 Å². The highest BCUT2D eigenvalue weighted by molar-refractivity contribution is 5.96. The zero-order valence-corrected chi connectivity index (χ0v) is 14.7. The maximum absolute atomic E-state index is 11.8. The lowest BCUT2D eigenvalue weighted by Crippen LogP contribution is -2.03. The maximum Gasteiger partial charge on any atom is 0.264 e. The molecule has 2 aromatic rings. The summed E-state index contributed by atoms with van der Waals surface area (Å²) in [6.07, 6.45) is 2.08. The first-order valence-corrected chi connectivity index (χ1v) is 8.31. The number of nitrogens with zero attached hydrogens (tertiary/aromatic N) is 3. The number of carbonyl (C=O) groups is 1. The molecule has 1 aromatic heterocycles. The van der Waals surface area contributed by atoms with E-state index in [2.05, 4.69) is 24.1 Å². The molecular weight excluding hydrogens is 306 g/mol.